The van der Waals surface area contributed by atoms with Gasteiger partial charge in [-0.25, -0.2) is 0 Å². The predicted octanol–water partition coefficient (Wildman–Crippen LogP) is 3.27. The standard InChI is InChI=1S/C12H12F2N2O2S/c1-3-9(17)16(2)11-10-7(18-12(13)14)5-4-6-8(10)19-15-11/h4-6,12H,3H2,1-2H3. The molecule has 102 valence electrons. The number of hydrogen-bond acceptors (Lipinski definition) is 4. The van der Waals surface area contributed by atoms with E-state index in [9.17, 15) is 13.6 Å². The molecule has 0 fully saturated rings. The average molecular weight is 286 g/mol. The molecule has 4 nitrogen and oxygen atoms in total. The first-order valence-electron chi connectivity index (χ1n) is 5.64. The van der Waals surface area contributed by atoms with E-state index >= 15 is 0 Å². The third-order valence-electron chi connectivity index (χ3n) is 2.65. The van der Waals surface area contributed by atoms with Gasteiger partial charge in [0.25, 0.3) is 0 Å². The third-order valence-corrected chi connectivity index (χ3v) is 3.45. The van der Waals surface area contributed by atoms with Crippen molar-refractivity contribution in [2.24, 2.45) is 0 Å². The number of nitrogens with zero attached hydrogens (tertiary/aromatic N) is 2. The summed E-state index contributed by atoms with van der Waals surface area (Å²) in [4.78, 5) is 13.0. The van der Waals surface area contributed by atoms with Crippen LogP contribution >= 0.6 is 11.5 Å². The van der Waals surface area contributed by atoms with Crippen molar-refractivity contribution >= 4 is 33.3 Å². The summed E-state index contributed by atoms with van der Waals surface area (Å²) in [6.45, 7) is -1.19. The molecule has 0 aliphatic carbocycles. The lowest BCUT2D eigenvalue weighted by molar-refractivity contribution is -0.118. The number of ether oxygens (including phenoxy) is 1. The van der Waals surface area contributed by atoms with Gasteiger partial charge in [0.15, 0.2) is 5.82 Å². The van der Waals surface area contributed by atoms with Crippen LogP contribution in [0.4, 0.5) is 14.6 Å². The Balaban J connectivity index is 2.53. The number of alkyl halides is 2. The zero-order chi connectivity index (χ0) is 14.0. The normalized spacial score (nSPS) is 11.0. The molecule has 1 aromatic carbocycles. The van der Waals surface area contributed by atoms with E-state index in [0.29, 0.717) is 22.3 Å². The lowest BCUT2D eigenvalue weighted by Gasteiger charge is -2.15. The summed E-state index contributed by atoms with van der Waals surface area (Å²) in [7, 11) is 1.57. The molecule has 1 heterocycles. The van der Waals surface area contributed by atoms with E-state index < -0.39 is 6.61 Å². The van der Waals surface area contributed by atoms with Crippen molar-refractivity contribution in [3.8, 4) is 5.75 Å². The number of amides is 1. The van der Waals surface area contributed by atoms with Gasteiger partial charge >= 0.3 is 6.61 Å². The van der Waals surface area contributed by atoms with Crippen LogP contribution in [0.25, 0.3) is 10.1 Å². The molecule has 0 saturated carbocycles. The Morgan fingerprint density at radius 3 is 2.89 bits per heavy atom. The van der Waals surface area contributed by atoms with Crippen molar-refractivity contribution in [1.29, 1.82) is 0 Å². The maximum absolute atomic E-state index is 12.4. The second kappa shape index (κ2) is 5.48. The first-order chi connectivity index (χ1) is 9.04. The number of rotatable bonds is 4. The van der Waals surface area contributed by atoms with Gasteiger partial charge in [0.1, 0.15) is 5.75 Å². The first-order valence-corrected chi connectivity index (χ1v) is 6.41. The summed E-state index contributed by atoms with van der Waals surface area (Å²) >= 11 is 1.14. The van der Waals surface area contributed by atoms with Gasteiger partial charge in [-0.3, -0.25) is 9.69 Å². The SMILES string of the molecule is CCC(=O)N(C)c1nsc2cccc(OC(F)F)c12. The Bertz CT molecular complexity index is 600. The minimum atomic E-state index is -2.91. The third kappa shape index (κ3) is 2.65. The maximum Gasteiger partial charge on any atom is 0.387 e. The largest absolute Gasteiger partial charge is 0.434 e. The highest BCUT2D eigenvalue weighted by Crippen LogP contribution is 2.37. The maximum atomic E-state index is 12.4. The van der Waals surface area contributed by atoms with Gasteiger partial charge in [-0.2, -0.15) is 13.2 Å². The van der Waals surface area contributed by atoms with E-state index in [2.05, 4.69) is 9.11 Å². The molecule has 0 atom stereocenters. The van der Waals surface area contributed by atoms with Crippen LogP contribution in [0.2, 0.25) is 0 Å². The van der Waals surface area contributed by atoms with Crippen molar-refractivity contribution in [2.45, 2.75) is 20.0 Å². The molecule has 0 unspecified atom stereocenters. The van der Waals surface area contributed by atoms with Crippen LogP contribution in [-0.2, 0) is 4.79 Å². The highest BCUT2D eigenvalue weighted by atomic mass is 32.1. The minimum absolute atomic E-state index is 0.0343. The average Bonchev–Trinajstić information content (AvgIpc) is 2.81. The van der Waals surface area contributed by atoms with Crippen LogP contribution in [0.3, 0.4) is 0 Å². The Hall–Kier alpha value is -1.76. The number of carbonyl (C=O) groups is 1. The Morgan fingerprint density at radius 1 is 1.53 bits per heavy atom. The van der Waals surface area contributed by atoms with Crippen LogP contribution in [0, 0.1) is 0 Å². The molecular weight excluding hydrogens is 274 g/mol. The quantitative estimate of drug-likeness (QED) is 0.866. The topological polar surface area (TPSA) is 42.4 Å². The van der Waals surface area contributed by atoms with Crippen LogP contribution in [0.5, 0.6) is 5.75 Å². The monoisotopic (exact) mass is 286 g/mol. The summed E-state index contributed by atoms with van der Waals surface area (Å²) in [5.41, 5.74) is 0. The molecule has 0 aliphatic rings. The predicted molar refractivity (Wildman–Crippen MR) is 70.0 cm³/mol. The fourth-order valence-corrected chi connectivity index (χ4v) is 2.55. The molecule has 19 heavy (non-hydrogen) atoms. The Kier molecular flexibility index (Phi) is 3.94. The van der Waals surface area contributed by atoms with Crippen molar-refractivity contribution < 1.29 is 18.3 Å². The van der Waals surface area contributed by atoms with E-state index in [1.807, 2.05) is 0 Å². The molecule has 1 amide bonds. The van der Waals surface area contributed by atoms with E-state index in [4.69, 9.17) is 0 Å². The molecule has 7 heteroatoms. The van der Waals surface area contributed by atoms with Gasteiger partial charge in [0.05, 0.1) is 10.1 Å². The second-order valence-corrected chi connectivity index (χ2v) is 4.63. The van der Waals surface area contributed by atoms with Crippen LogP contribution in [-0.4, -0.2) is 23.9 Å². The molecular formula is C12H12F2N2O2S. The lowest BCUT2D eigenvalue weighted by Crippen LogP contribution is -2.25. The summed E-state index contributed by atoms with van der Waals surface area (Å²) in [6, 6.07) is 4.80. The molecule has 0 radical (unpaired) electrons. The number of carbonyl (C=O) groups excluding carboxylic acids is 1. The zero-order valence-corrected chi connectivity index (χ0v) is 11.2. The molecule has 2 aromatic rings. The van der Waals surface area contributed by atoms with E-state index in [-0.39, 0.29) is 11.7 Å². The highest BCUT2D eigenvalue weighted by molar-refractivity contribution is 7.13. The Morgan fingerprint density at radius 2 is 2.26 bits per heavy atom. The van der Waals surface area contributed by atoms with Crippen molar-refractivity contribution in [3.05, 3.63) is 18.2 Å². The van der Waals surface area contributed by atoms with Gasteiger partial charge in [0.2, 0.25) is 5.91 Å². The van der Waals surface area contributed by atoms with Crippen LogP contribution in [0.15, 0.2) is 18.2 Å². The molecule has 0 bridgehead atoms. The molecule has 2 rings (SSSR count). The molecule has 0 saturated heterocycles. The number of anilines is 1. The van der Waals surface area contributed by atoms with E-state index in [1.54, 1.807) is 26.1 Å². The van der Waals surface area contributed by atoms with Gasteiger partial charge in [0, 0.05) is 13.5 Å². The minimum Gasteiger partial charge on any atom is -0.434 e. The molecule has 0 spiro atoms. The van der Waals surface area contributed by atoms with E-state index in [1.165, 1.54) is 11.0 Å². The van der Waals surface area contributed by atoms with Crippen LogP contribution in [0.1, 0.15) is 13.3 Å². The highest BCUT2D eigenvalue weighted by Gasteiger charge is 2.20. The smallest absolute Gasteiger partial charge is 0.387 e. The second-order valence-electron chi connectivity index (χ2n) is 3.82. The van der Waals surface area contributed by atoms with Crippen molar-refractivity contribution in [3.63, 3.8) is 0 Å². The fourth-order valence-electron chi connectivity index (χ4n) is 1.72. The zero-order valence-electron chi connectivity index (χ0n) is 10.4. The first kappa shape index (κ1) is 13.7. The van der Waals surface area contributed by atoms with E-state index in [0.717, 1.165) is 11.5 Å². The molecule has 1 aromatic heterocycles. The number of fused-ring (bicyclic) bond motifs is 1. The number of halogens is 2. The fraction of sp³-hybridized carbons (Fsp3) is 0.333. The number of benzene rings is 1. The molecule has 0 N–H and O–H groups in total. The van der Waals surface area contributed by atoms with Gasteiger partial charge in [-0.15, -0.1) is 0 Å². The number of hydrogen-bond donors (Lipinski definition) is 0. The number of aromatic nitrogens is 1. The van der Waals surface area contributed by atoms with Gasteiger partial charge in [-0.1, -0.05) is 13.0 Å². The van der Waals surface area contributed by atoms with Crippen LogP contribution < -0.4 is 9.64 Å². The molecule has 0 aliphatic heterocycles. The van der Waals surface area contributed by atoms with Gasteiger partial charge < -0.3 is 4.74 Å². The van der Waals surface area contributed by atoms with Crippen molar-refractivity contribution in [1.82, 2.24) is 4.37 Å². The Labute approximate surface area is 112 Å². The lowest BCUT2D eigenvalue weighted by atomic mass is 10.2. The summed E-state index contributed by atoms with van der Waals surface area (Å²) in [5, 5.41) is 0.442. The van der Waals surface area contributed by atoms with Crippen molar-refractivity contribution in [2.75, 3.05) is 11.9 Å². The summed E-state index contributed by atoms with van der Waals surface area (Å²) < 4.78 is 34.1. The summed E-state index contributed by atoms with van der Waals surface area (Å²) in [6.07, 6.45) is 0.313. The summed E-state index contributed by atoms with van der Waals surface area (Å²) in [5.74, 6) is 0.245. The van der Waals surface area contributed by atoms with Gasteiger partial charge in [-0.05, 0) is 23.7 Å².